The van der Waals surface area contributed by atoms with E-state index in [1.807, 2.05) is 61.5 Å². The molecule has 2 aliphatic heterocycles. The number of nitrogens with one attached hydrogen (secondary N) is 1. The Bertz CT molecular complexity index is 1280. The average Bonchev–Trinajstić information content (AvgIpc) is 3.44. The number of benzene rings is 3. The SMILES string of the molecule is Cc1ccccc1C(OCC(O)CN1C(=O)NC(C)(c2ccc3c(c2)OCO3)C1=O)c1ccccc1. The third-order valence-electron chi connectivity index (χ3n) is 6.65. The van der Waals surface area contributed by atoms with E-state index in [0.29, 0.717) is 17.1 Å². The van der Waals surface area contributed by atoms with Crippen molar-refractivity contribution in [1.82, 2.24) is 10.2 Å². The van der Waals surface area contributed by atoms with Crippen molar-refractivity contribution < 1.29 is 28.9 Å². The Kier molecular flexibility index (Phi) is 6.38. The van der Waals surface area contributed by atoms with E-state index in [1.165, 1.54) is 0 Å². The number of hydrogen-bond donors (Lipinski definition) is 2. The van der Waals surface area contributed by atoms with Crippen molar-refractivity contribution >= 4 is 11.9 Å². The van der Waals surface area contributed by atoms with Gasteiger partial charge in [-0.15, -0.1) is 0 Å². The second-order valence-corrected chi connectivity index (χ2v) is 9.17. The number of amides is 3. The number of imide groups is 1. The number of fused-ring (bicyclic) bond motifs is 1. The second-order valence-electron chi connectivity index (χ2n) is 9.17. The summed E-state index contributed by atoms with van der Waals surface area (Å²) in [6.07, 6.45) is -1.47. The number of carbonyl (C=O) groups is 2. The van der Waals surface area contributed by atoms with Crippen LogP contribution in [0.4, 0.5) is 4.79 Å². The van der Waals surface area contributed by atoms with Crippen molar-refractivity contribution in [2.45, 2.75) is 31.6 Å². The molecular weight excluding hydrogens is 460 g/mol. The molecule has 8 nitrogen and oxygen atoms in total. The quantitative estimate of drug-likeness (QED) is 0.470. The first-order valence-electron chi connectivity index (χ1n) is 11.8. The molecule has 0 bridgehead atoms. The zero-order chi connectivity index (χ0) is 25.3. The number of aryl methyl sites for hydroxylation is 1. The van der Waals surface area contributed by atoms with Crippen LogP contribution in [0.1, 0.15) is 35.3 Å². The minimum Gasteiger partial charge on any atom is -0.454 e. The molecule has 1 fully saturated rings. The van der Waals surface area contributed by atoms with Gasteiger partial charge in [0.25, 0.3) is 5.91 Å². The summed E-state index contributed by atoms with van der Waals surface area (Å²) in [5.74, 6) is 0.653. The third-order valence-corrected chi connectivity index (χ3v) is 6.65. The molecule has 2 N–H and O–H groups in total. The lowest BCUT2D eigenvalue weighted by molar-refractivity contribution is -0.132. The fraction of sp³-hybridized carbons (Fsp3) is 0.286. The molecule has 0 radical (unpaired) electrons. The van der Waals surface area contributed by atoms with Crippen LogP contribution >= 0.6 is 0 Å². The van der Waals surface area contributed by atoms with Gasteiger partial charge in [0.2, 0.25) is 6.79 Å². The van der Waals surface area contributed by atoms with Crippen LogP contribution in [0, 0.1) is 6.92 Å². The highest BCUT2D eigenvalue weighted by atomic mass is 16.7. The van der Waals surface area contributed by atoms with Crippen molar-refractivity contribution in [2.75, 3.05) is 19.9 Å². The Morgan fingerprint density at radius 1 is 1.03 bits per heavy atom. The molecule has 2 heterocycles. The summed E-state index contributed by atoms with van der Waals surface area (Å²) >= 11 is 0. The molecule has 3 amide bonds. The van der Waals surface area contributed by atoms with Gasteiger partial charge in [-0.3, -0.25) is 9.69 Å². The van der Waals surface area contributed by atoms with Gasteiger partial charge in [0.1, 0.15) is 11.6 Å². The monoisotopic (exact) mass is 488 g/mol. The number of aliphatic hydroxyl groups is 1. The fourth-order valence-electron chi connectivity index (χ4n) is 4.61. The predicted molar refractivity (Wildman–Crippen MR) is 132 cm³/mol. The molecule has 3 atom stereocenters. The predicted octanol–water partition coefficient (Wildman–Crippen LogP) is 3.66. The lowest BCUT2D eigenvalue weighted by Gasteiger charge is -2.25. The molecule has 0 spiro atoms. The summed E-state index contributed by atoms with van der Waals surface area (Å²) in [5.41, 5.74) is 2.29. The van der Waals surface area contributed by atoms with E-state index >= 15 is 0 Å². The molecular formula is C28H28N2O6. The highest BCUT2D eigenvalue weighted by molar-refractivity contribution is 6.07. The molecule has 36 heavy (non-hydrogen) atoms. The second kappa shape index (κ2) is 9.64. The first-order valence-corrected chi connectivity index (χ1v) is 11.8. The van der Waals surface area contributed by atoms with Crippen LogP contribution in [0.3, 0.4) is 0 Å². The summed E-state index contributed by atoms with van der Waals surface area (Å²) in [6, 6.07) is 22.2. The van der Waals surface area contributed by atoms with Gasteiger partial charge in [-0.05, 0) is 48.2 Å². The summed E-state index contributed by atoms with van der Waals surface area (Å²) < 4.78 is 16.9. The molecule has 3 aromatic carbocycles. The maximum Gasteiger partial charge on any atom is 0.325 e. The van der Waals surface area contributed by atoms with Crippen molar-refractivity contribution in [3.8, 4) is 11.5 Å². The number of carbonyl (C=O) groups excluding carboxylic acids is 2. The van der Waals surface area contributed by atoms with Crippen molar-refractivity contribution in [1.29, 1.82) is 0 Å². The Morgan fingerprint density at radius 3 is 2.53 bits per heavy atom. The van der Waals surface area contributed by atoms with E-state index in [-0.39, 0.29) is 19.9 Å². The number of hydrogen-bond acceptors (Lipinski definition) is 6. The molecule has 5 rings (SSSR count). The van der Waals surface area contributed by atoms with Crippen LogP contribution in [0.5, 0.6) is 11.5 Å². The number of aliphatic hydroxyl groups excluding tert-OH is 1. The third kappa shape index (κ3) is 4.41. The largest absolute Gasteiger partial charge is 0.454 e. The Hall–Kier alpha value is -3.88. The van der Waals surface area contributed by atoms with E-state index in [1.54, 1.807) is 25.1 Å². The number of rotatable bonds is 8. The van der Waals surface area contributed by atoms with E-state index in [0.717, 1.165) is 21.6 Å². The van der Waals surface area contributed by atoms with Gasteiger partial charge in [-0.25, -0.2) is 4.79 Å². The number of urea groups is 1. The fourth-order valence-corrected chi connectivity index (χ4v) is 4.61. The van der Waals surface area contributed by atoms with E-state index in [2.05, 4.69) is 5.32 Å². The van der Waals surface area contributed by atoms with Crippen LogP contribution < -0.4 is 14.8 Å². The van der Waals surface area contributed by atoms with Gasteiger partial charge in [-0.1, -0.05) is 60.7 Å². The Labute approximate surface area is 209 Å². The molecule has 186 valence electrons. The van der Waals surface area contributed by atoms with Gasteiger partial charge < -0.3 is 24.6 Å². The first-order chi connectivity index (χ1) is 17.4. The number of ether oxygens (including phenoxy) is 3. The van der Waals surface area contributed by atoms with Gasteiger partial charge in [0.15, 0.2) is 11.5 Å². The smallest absolute Gasteiger partial charge is 0.325 e. The summed E-state index contributed by atoms with van der Waals surface area (Å²) in [6.45, 7) is 3.50. The summed E-state index contributed by atoms with van der Waals surface area (Å²) in [7, 11) is 0. The molecule has 1 saturated heterocycles. The van der Waals surface area contributed by atoms with Crippen LogP contribution in [0.2, 0.25) is 0 Å². The minimum absolute atomic E-state index is 0.0638. The standard InChI is InChI=1S/C28H28N2O6/c1-18-8-6-7-11-22(18)25(19-9-4-3-5-10-19)34-16-21(31)15-30-26(32)28(2,29-27(30)33)20-12-13-23-24(14-20)36-17-35-23/h3-14,21,25,31H,15-17H2,1-2H3,(H,29,33). The first kappa shape index (κ1) is 23.8. The summed E-state index contributed by atoms with van der Waals surface area (Å²) in [5, 5.41) is 13.5. The highest BCUT2D eigenvalue weighted by Gasteiger charge is 2.49. The minimum atomic E-state index is -1.29. The van der Waals surface area contributed by atoms with E-state index in [4.69, 9.17) is 14.2 Å². The maximum atomic E-state index is 13.3. The van der Waals surface area contributed by atoms with Crippen LogP contribution in [0.25, 0.3) is 0 Å². The van der Waals surface area contributed by atoms with Crippen LogP contribution in [0.15, 0.2) is 72.8 Å². The number of nitrogens with zero attached hydrogens (tertiary/aromatic N) is 1. The molecule has 3 aromatic rings. The van der Waals surface area contributed by atoms with E-state index < -0.39 is 29.7 Å². The molecule has 0 aliphatic carbocycles. The summed E-state index contributed by atoms with van der Waals surface area (Å²) in [4.78, 5) is 27.1. The van der Waals surface area contributed by atoms with E-state index in [9.17, 15) is 14.7 Å². The van der Waals surface area contributed by atoms with Crippen LogP contribution in [-0.2, 0) is 15.1 Å². The number of β-amino-alcohol motifs (C(OH)–C–C–N with tert-alkyl or cyclic N) is 1. The molecule has 3 unspecified atom stereocenters. The topological polar surface area (TPSA) is 97.3 Å². The van der Waals surface area contributed by atoms with Crippen LogP contribution in [-0.4, -0.2) is 48.0 Å². The Balaban J connectivity index is 1.29. The maximum absolute atomic E-state index is 13.3. The molecule has 0 saturated carbocycles. The lowest BCUT2D eigenvalue weighted by atomic mass is 9.91. The van der Waals surface area contributed by atoms with Gasteiger partial charge in [0.05, 0.1) is 19.3 Å². The van der Waals surface area contributed by atoms with Gasteiger partial charge in [-0.2, -0.15) is 0 Å². The lowest BCUT2D eigenvalue weighted by Crippen LogP contribution is -2.42. The zero-order valence-corrected chi connectivity index (χ0v) is 20.1. The average molecular weight is 489 g/mol. The molecule has 0 aromatic heterocycles. The normalized spacial score (nSPS) is 20.4. The van der Waals surface area contributed by atoms with Crippen molar-refractivity contribution in [2.24, 2.45) is 0 Å². The Morgan fingerprint density at radius 2 is 1.75 bits per heavy atom. The molecule has 2 aliphatic rings. The zero-order valence-electron chi connectivity index (χ0n) is 20.1. The highest BCUT2D eigenvalue weighted by Crippen LogP contribution is 2.38. The van der Waals surface area contributed by atoms with Gasteiger partial charge in [0, 0.05) is 0 Å². The van der Waals surface area contributed by atoms with Gasteiger partial charge >= 0.3 is 6.03 Å². The molecule has 8 heteroatoms. The van der Waals surface area contributed by atoms with Crippen molar-refractivity contribution in [3.05, 3.63) is 95.1 Å². The van der Waals surface area contributed by atoms with Crippen molar-refractivity contribution in [3.63, 3.8) is 0 Å².